The van der Waals surface area contributed by atoms with E-state index in [1.54, 1.807) is 31.4 Å². The van der Waals surface area contributed by atoms with Gasteiger partial charge in [-0.2, -0.15) is 0 Å². The van der Waals surface area contributed by atoms with Crippen LogP contribution in [0.2, 0.25) is 0 Å². The molecule has 1 N–H and O–H groups in total. The van der Waals surface area contributed by atoms with Gasteiger partial charge in [-0.05, 0) is 37.6 Å². The largest absolute Gasteiger partial charge is 0.349 e. The summed E-state index contributed by atoms with van der Waals surface area (Å²) in [7, 11) is 3.57. The van der Waals surface area contributed by atoms with Crippen LogP contribution in [-0.2, 0) is 4.79 Å². The molecule has 0 bridgehead atoms. The van der Waals surface area contributed by atoms with E-state index in [-0.39, 0.29) is 5.91 Å². The van der Waals surface area contributed by atoms with E-state index in [1.165, 1.54) is 5.56 Å². The normalized spacial score (nSPS) is 12.2. The summed E-state index contributed by atoms with van der Waals surface area (Å²) in [5.74, 6) is 0.184. The average molecular weight is 235 g/mol. The number of hydrogen-bond donors (Lipinski definition) is 1. The molecular formula is C13H21N3O. The van der Waals surface area contributed by atoms with Crippen LogP contribution in [0.5, 0.6) is 0 Å². The third-order valence-electron chi connectivity index (χ3n) is 2.72. The predicted octanol–water partition coefficient (Wildman–Crippen LogP) is 1.60. The smallest absolute Gasteiger partial charge is 0.222 e. The van der Waals surface area contributed by atoms with Crippen molar-refractivity contribution >= 4 is 5.91 Å². The fraction of sp³-hybridized carbons (Fsp3) is 0.538. The molecule has 1 rings (SSSR count). The number of pyridine rings is 1. The minimum Gasteiger partial charge on any atom is -0.349 e. The quantitative estimate of drug-likeness (QED) is 0.762. The number of hydrogen-bond acceptors (Lipinski definition) is 3. The Bertz CT molecular complexity index is 338. The van der Waals surface area contributed by atoms with Gasteiger partial charge in [0.05, 0.1) is 0 Å². The molecule has 0 spiro atoms. The van der Waals surface area contributed by atoms with Crippen LogP contribution in [0.1, 0.15) is 31.4 Å². The zero-order chi connectivity index (χ0) is 12.7. The second-order valence-corrected chi connectivity index (χ2v) is 4.35. The molecule has 1 aromatic heterocycles. The SMILES string of the molecule is CC(NCCCC(=O)N(C)C)c1ccncc1. The highest BCUT2D eigenvalue weighted by atomic mass is 16.2. The van der Waals surface area contributed by atoms with Gasteiger partial charge in [-0.25, -0.2) is 0 Å². The fourth-order valence-corrected chi connectivity index (χ4v) is 1.55. The van der Waals surface area contributed by atoms with E-state index in [2.05, 4.69) is 17.2 Å². The molecule has 17 heavy (non-hydrogen) atoms. The van der Waals surface area contributed by atoms with Gasteiger partial charge in [-0.1, -0.05) is 0 Å². The van der Waals surface area contributed by atoms with E-state index in [9.17, 15) is 4.79 Å². The minimum absolute atomic E-state index is 0.184. The van der Waals surface area contributed by atoms with Crippen molar-refractivity contribution in [1.82, 2.24) is 15.2 Å². The molecule has 0 saturated heterocycles. The number of rotatable bonds is 6. The van der Waals surface area contributed by atoms with Gasteiger partial charge >= 0.3 is 0 Å². The van der Waals surface area contributed by atoms with Crippen LogP contribution in [0, 0.1) is 0 Å². The van der Waals surface area contributed by atoms with Gasteiger partial charge in [0.1, 0.15) is 0 Å². The summed E-state index contributed by atoms with van der Waals surface area (Å²) in [6.07, 6.45) is 5.06. The van der Waals surface area contributed by atoms with E-state index in [0.29, 0.717) is 12.5 Å². The van der Waals surface area contributed by atoms with Gasteiger partial charge in [0.15, 0.2) is 0 Å². The molecule has 0 aliphatic heterocycles. The highest BCUT2D eigenvalue weighted by molar-refractivity contribution is 5.75. The van der Waals surface area contributed by atoms with Crippen LogP contribution < -0.4 is 5.32 Å². The van der Waals surface area contributed by atoms with E-state index in [1.807, 2.05) is 12.1 Å². The molecule has 0 fully saturated rings. The Balaban J connectivity index is 2.21. The maximum Gasteiger partial charge on any atom is 0.222 e. The number of nitrogens with one attached hydrogen (secondary N) is 1. The van der Waals surface area contributed by atoms with Crippen molar-refractivity contribution in [3.63, 3.8) is 0 Å². The topological polar surface area (TPSA) is 45.2 Å². The lowest BCUT2D eigenvalue weighted by molar-refractivity contribution is -0.128. The summed E-state index contributed by atoms with van der Waals surface area (Å²) >= 11 is 0. The Morgan fingerprint density at radius 2 is 2.06 bits per heavy atom. The second kappa shape index (κ2) is 7.01. The molecule has 94 valence electrons. The van der Waals surface area contributed by atoms with Crippen molar-refractivity contribution in [2.45, 2.75) is 25.8 Å². The summed E-state index contributed by atoms with van der Waals surface area (Å²) in [6, 6.07) is 4.30. The second-order valence-electron chi connectivity index (χ2n) is 4.35. The van der Waals surface area contributed by atoms with Gasteiger partial charge in [0, 0.05) is 39.0 Å². The molecule has 4 heteroatoms. The lowest BCUT2D eigenvalue weighted by Crippen LogP contribution is -2.24. The first-order valence-corrected chi connectivity index (χ1v) is 5.94. The Labute approximate surface area is 103 Å². The summed E-state index contributed by atoms with van der Waals surface area (Å²) in [6.45, 7) is 2.96. The monoisotopic (exact) mass is 235 g/mol. The molecule has 0 aliphatic carbocycles. The van der Waals surface area contributed by atoms with Crippen LogP contribution in [0.25, 0.3) is 0 Å². The average Bonchev–Trinajstić information content (AvgIpc) is 2.35. The first kappa shape index (κ1) is 13.6. The lowest BCUT2D eigenvalue weighted by Gasteiger charge is -2.14. The van der Waals surface area contributed by atoms with E-state index < -0.39 is 0 Å². The lowest BCUT2D eigenvalue weighted by atomic mass is 10.1. The van der Waals surface area contributed by atoms with Gasteiger partial charge in [0.25, 0.3) is 0 Å². The van der Waals surface area contributed by atoms with Crippen molar-refractivity contribution in [3.05, 3.63) is 30.1 Å². The Hall–Kier alpha value is -1.42. The standard InChI is InChI=1S/C13H21N3O/c1-11(12-6-9-14-10-7-12)15-8-4-5-13(17)16(2)3/h6-7,9-11,15H,4-5,8H2,1-3H3. The number of carbonyl (C=O) groups is 1. The zero-order valence-corrected chi connectivity index (χ0v) is 10.8. The van der Waals surface area contributed by atoms with Crippen molar-refractivity contribution in [3.8, 4) is 0 Å². The molecular weight excluding hydrogens is 214 g/mol. The molecule has 4 nitrogen and oxygen atoms in total. The van der Waals surface area contributed by atoms with Crippen LogP contribution in [0.3, 0.4) is 0 Å². The van der Waals surface area contributed by atoms with Gasteiger partial charge in [0.2, 0.25) is 5.91 Å². The molecule has 0 aromatic carbocycles. The summed E-state index contributed by atoms with van der Waals surface area (Å²) in [4.78, 5) is 17.0. The summed E-state index contributed by atoms with van der Waals surface area (Å²) in [5.41, 5.74) is 1.22. The first-order valence-electron chi connectivity index (χ1n) is 5.94. The third kappa shape index (κ3) is 4.95. The van der Waals surface area contributed by atoms with Crippen molar-refractivity contribution < 1.29 is 4.79 Å². The van der Waals surface area contributed by atoms with Crippen LogP contribution in [-0.4, -0.2) is 36.4 Å². The number of amides is 1. The number of nitrogens with zero attached hydrogens (tertiary/aromatic N) is 2. The molecule has 1 aromatic rings. The zero-order valence-electron chi connectivity index (χ0n) is 10.8. The van der Waals surface area contributed by atoms with E-state index >= 15 is 0 Å². The third-order valence-corrected chi connectivity index (χ3v) is 2.72. The highest BCUT2D eigenvalue weighted by Crippen LogP contribution is 2.09. The predicted molar refractivity (Wildman–Crippen MR) is 68.6 cm³/mol. The van der Waals surface area contributed by atoms with Crippen LogP contribution in [0.4, 0.5) is 0 Å². The summed E-state index contributed by atoms with van der Waals surface area (Å²) in [5, 5.41) is 3.39. The van der Waals surface area contributed by atoms with Crippen molar-refractivity contribution in [2.75, 3.05) is 20.6 Å². The molecule has 0 radical (unpaired) electrons. The number of carbonyl (C=O) groups excluding carboxylic acids is 1. The fourth-order valence-electron chi connectivity index (χ4n) is 1.55. The van der Waals surface area contributed by atoms with Gasteiger partial charge < -0.3 is 10.2 Å². The molecule has 1 amide bonds. The van der Waals surface area contributed by atoms with Gasteiger partial charge in [-0.15, -0.1) is 0 Å². The molecule has 1 unspecified atom stereocenters. The maximum atomic E-state index is 11.3. The molecule has 1 heterocycles. The highest BCUT2D eigenvalue weighted by Gasteiger charge is 2.05. The Morgan fingerprint density at radius 3 is 2.65 bits per heavy atom. The molecule has 0 aliphatic rings. The minimum atomic E-state index is 0.184. The van der Waals surface area contributed by atoms with E-state index in [0.717, 1.165) is 13.0 Å². The maximum absolute atomic E-state index is 11.3. The van der Waals surface area contributed by atoms with Crippen molar-refractivity contribution in [2.24, 2.45) is 0 Å². The van der Waals surface area contributed by atoms with Crippen LogP contribution in [0.15, 0.2) is 24.5 Å². The molecule has 1 atom stereocenters. The summed E-state index contributed by atoms with van der Waals surface area (Å²) < 4.78 is 0. The Morgan fingerprint density at radius 1 is 1.41 bits per heavy atom. The molecule has 0 saturated carbocycles. The Kier molecular flexibility index (Phi) is 5.63. The first-order chi connectivity index (χ1) is 8.11. The van der Waals surface area contributed by atoms with E-state index in [4.69, 9.17) is 0 Å². The van der Waals surface area contributed by atoms with Gasteiger partial charge in [-0.3, -0.25) is 9.78 Å². The van der Waals surface area contributed by atoms with Crippen LogP contribution >= 0.6 is 0 Å². The number of aromatic nitrogens is 1. The van der Waals surface area contributed by atoms with Crippen molar-refractivity contribution in [1.29, 1.82) is 0 Å².